The maximum Gasteiger partial charge on any atom is 0.573 e. The molecule has 3 N–H and O–H groups in total. The van der Waals surface area contributed by atoms with Gasteiger partial charge in [0.05, 0.1) is 5.69 Å². The van der Waals surface area contributed by atoms with E-state index >= 15 is 0 Å². The number of nitrogens with zero attached hydrogens (tertiary/aromatic N) is 4. The summed E-state index contributed by atoms with van der Waals surface area (Å²) < 4.78 is 60.9. The number of rotatable bonds is 8. The molecule has 2 atom stereocenters. The lowest BCUT2D eigenvalue weighted by Gasteiger charge is -2.22. The number of fused-ring (bicyclic) bond motifs is 1. The summed E-state index contributed by atoms with van der Waals surface area (Å²) in [5.74, 6) is -2.46. The van der Waals surface area contributed by atoms with E-state index in [0.29, 0.717) is 11.6 Å². The summed E-state index contributed by atoms with van der Waals surface area (Å²) in [6.07, 6.45) is -0.319. The van der Waals surface area contributed by atoms with E-state index in [-0.39, 0.29) is 11.2 Å². The minimum atomic E-state index is -4.98. The minimum Gasteiger partial charge on any atom is -0.406 e. The fourth-order valence-electron chi connectivity index (χ4n) is 4.18. The van der Waals surface area contributed by atoms with E-state index in [2.05, 4.69) is 46.8 Å². The summed E-state index contributed by atoms with van der Waals surface area (Å²) in [6.45, 7) is 0. The lowest BCUT2D eigenvalue weighted by molar-refractivity contribution is -0.274. The van der Waals surface area contributed by atoms with Gasteiger partial charge in [-0.05, 0) is 55.2 Å². The topological polar surface area (TPSA) is 127 Å². The van der Waals surface area contributed by atoms with Crippen molar-refractivity contribution < 1.29 is 31.8 Å². The SMILES string of the molecule is CO[C@H](C(=O)Nc1nnc(N[C@H]2CC=C(c3cc4cc[nH]c4nn3)CC2)s1)c1cc(OC(F)(F)F)ccc1F. The number of benzene rings is 1. The van der Waals surface area contributed by atoms with Crippen molar-refractivity contribution in [1.82, 2.24) is 25.4 Å². The van der Waals surface area contributed by atoms with Crippen LogP contribution < -0.4 is 15.4 Å². The van der Waals surface area contributed by atoms with Gasteiger partial charge in [0.2, 0.25) is 10.3 Å². The number of hydrogen-bond acceptors (Lipinski definition) is 9. The fourth-order valence-corrected chi connectivity index (χ4v) is 4.91. The molecule has 0 aliphatic heterocycles. The van der Waals surface area contributed by atoms with Crippen molar-refractivity contribution in [2.45, 2.75) is 37.8 Å². The van der Waals surface area contributed by atoms with Crippen LogP contribution in [0.1, 0.15) is 36.6 Å². The van der Waals surface area contributed by atoms with Gasteiger partial charge in [0.15, 0.2) is 11.8 Å². The van der Waals surface area contributed by atoms with Crippen LogP contribution in [0.2, 0.25) is 0 Å². The van der Waals surface area contributed by atoms with Crippen molar-refractivity contribution in [2.75, 3.05) is 17.7 Å². The number of alkyl halides is 3. The summed E-state index contributed by atoms with van der Waals surface area (Å²) in [7, 11) is 1.13. The summed E-state index contributed by atoms with van der Waals surface area (Å²) in [6, 6.07) is 6.34. The Balaban J connectivity index is 1.20. The Morgan fingerprint density at radius 1 is 1.15 bits per heavy atom. The van der Waals surface area contributed by atoms with Crippen molar-refractivity contribution in [3.8, 4) is 5.75 Å². The van der Waals surface area contributed by atoms with Gasteiger partial charge in [-0.25, -0.2) is 4.39 Å². The Kier molecular flexibility index (Phi) is 7.43. The average molecular weight is 564 g/mol. The van der Waals surface area contributed by atoms with Gasteiger partial charge in [-0.2, -0.15) is 0 Å². The van der Waals surface area contributed by atoms with Gasteiger partial charge < -0.3 is 19.8 Å². The highest BCUT2D eigenvalue weighted by Gasteiger charge is 2.32. The molecule has 1 aromatic carbocycles. The van der Waals surface area contributed by atoms with Crippen molar-refractivity contribution in [3.63, 3.8) is 0 Å². The molecule has 4 aromatic rings. The minimum absolute atomic E-state index is 0.0754. The second-order valence-corrected chi connectivity index (χ2v) is 9.58. The van der Waals surface area contributed by atoms with E-state index in [0.717, 1.165) is 71.8 Å². The number of nitrogens with one attached hydrogen (secondary N) is 3. The maximum atomic E-state index is 14.3. The molecular formula is C24H21F4N7O3S. The monoisotopic (exact) mass is 563 g/mol. The van der Waals surface area contributed by atoms with Crippen LogP contribution in [0.25, 0.3) is 16.6 Å². The molecule has 10 nitrogen and oxygen atoms in total. The third kappa shape index (κ3) is 6.31. The normalized spacial score (nSPS) is 16.5. The Morgan fingerprint density at radius 3 is 2.72 bits per heavy atom. The number of aromatic nitrogens is 5. The molecule has 15 heteroatoms. The number of amides is 1. The van der Waals surface area contributed by atoms with Crippen LogP contribution in [0.3, 0.4) is 0 Å². The number of hydrogen-bond donors (Lipinski definition) is 3. The predicted octanol–water partition coefficient (Wildman–Crippen LogP) is 5.22. The number of allylic oxidation sites excluding steroid dienone is 1. The Morgan fingerprint density at radius 2 is 1.97 bits per heavy atom. The Hall–Kier alpha value is -4.11. The van der Waals surface area contributed by atoms with Gasteiger partial charge in [-0.15, -0.1) is 33.6 Å². The highest BCUT2D eigenvalue weighted by Crippen LogP contribution is 2.32. The zero-order valence-electron chi connectivity index (χ0n) is 20.3. The first-order valence-electron chi connectivity index (χ1n) is 11.7. The lowest BCUT2D eigenvalue weighted by atomic mass is 9.93. The van der Waals surface area contributed by atoms with Crippen LogP contribution in [0.15, 0.2) is 42.6 Å². The van der Waals surface area contributed by atoms with Crippen LogP contribution in [0.5, 0.6) is 5.75 Å². The summed E-state index contributed by atoms with van der Waals surface area (Å²) >= 11 is 1.06. The summed E-state index contributed by atoms with van der Waals surface area (Å²) in [4.78, 5) is 15.8. The molecule has 5 rings (SSSR count). The first kappa shape index (κ1) is 26.5. The molecule has 0 spiro atoms. The number of aromatic amines is 1. The van der Waals surface area contributed by atoms with Crippen molar-refractivity contribution >= 4 is 44.1 Å². The molecule has 1 aliphatic rings. The summed E-state index contributed by atoms with van der Waals surface area (Å²) in [5.41, 5.74) is 2.25. The van der Waals surface area contributed by atoms with Gasteiger partial charge in [0, 0.05) is 30.3 Å². The molecule has 1 aliphatic carbocycles. The molecule has 3 heterocycles. The van der Waals surface area contributed by atoms with Crippen LogP contribution in [-0.2, 0) is 9.53 Å². The first-order valence-corrected chi connectivity index (χ1v) is 12.5. The van der Waals surface area contributed by atoms with E-state index in [9.17, 15) is 22.4 Å². The number of carbonyl (C=O) groups is 1. The molecule has 204 valence electrons. The van der Waals surface area contributed by atoms with Gasteiger partial charge in [-0.1, -0.05) is 17.4 Å². The number of carbonyl (C=O) groups excluding carboxylic acids is 1. The summed E-state index contributed by atoms with van der Waals surface area (Å²) in [5, 5.41) is 23.7. The van der Waals surface area contributed by atoms with Gasteiger partial charge in [-0.3, -0.25) is 10.1 Å². The van der Waals surface area contributed by atoms with Gasteiger partial charge in [0.1, 0.15) is 11.6 Å². The second kappa shape index (κ2) is 10.9. The van der Waals surface area contributed by atoms with Crippen molar-refractivity contribution in [2.24, 2.45) is 0 Å². The Labute approximate surface area is 222 Å². The smallest absolute Gasteiger partial charge is 0.406 e. The van der Waals surface area contributed by atoms with Crippen molar-refractivity contribution in [1.29, 1.82) is 0 Å². The number of methoxy groups -OCH3 is 1. The van der Waals surface area contributed by atoms with E-state index < -0.39 is 35.5 Å². The predicted molar refractivity (Wildman–Crippen MR) is 134 cm³/mol. The van der Waals surface area contributed by atoms with Crippen LogP contribution >= 0.6 is 11.3 Å². The molecule has 0 saturated carbocycles. The van der Waals surface area contributed by atoms with Crippen LogP contribution in [-0.4, -0.2) is 50.8 Å². The molecule has 0 unspecified atom stereocenters. The standard InChI is InChI=1S/C24H21F4N7O3S/c1-37-19(16-11-15(6-7-17(16)25)38-24(26,27)28)21(36)31-23-35-34-22(39-23)30-14-4-2-12(3-5-14)18-10-13-8-9-29-20(13)33-32-18/h2,6-11,14,19H,3-5H2,1H3,(H,29,33)(H,30,34)(H,31,35,36)/t14-,19-/m0/s1. The lowest BCUT2D eigenvalue weighted by Crippen LogP contribution is -2.24. The first-order chi connectivity index (χ1) is 18.7. The van der Waals surface area contributed by atoms with E-state index in [1.54, 1.807) is 0 Å². The Bertz CT molecular complexity index is 1520. The highest BCUT2D eigenvalue weighted by atomic mass is 32.1. The van der Waals surface area contributed by atoms with Gasteiger partial charge in [0.25, 0.3) is 5.91 Å². The van der Waals surface area contributed by atoms with E-state index in [4.69, 9.17) is 4.74 Å². The molecule has 0 fully saturated rings. The molecule has 0 radical (unpaired) electrons. The van der Waals surface area contributed by atoms with Crippen molar-refractivity contribution in [3.05, 3.63) is 59.7 Å². The average Bonchev–Trinajstić information content (AvgIpc) is 3.54. The quantitative estimate of drug-likeness (QED) is 0.249. The fraction of sp³-hybridized carbons (Fsp3) is 0.292. The van der Waals surface area contributed by atoms with Crippen LogP contribution in [0.4, 0.5) is 27.8 Å². The second-order valence-electron chi connectivity index (χ2n) is 8.60. The zero-order valence-corrected chi connectivity index (χ0v) is 21.1. The maximum absolute atomic E-state index is 14.3. The number of halogens is 4. The third-order valence-electron chi connectivity index (χ3n) is 5.99. The molecule has 3 aromatic heterocycles. The zero-order chi connectivity index (χ0) is 27.6. The van der Waals surface area contributed by atoms with E-state index in [1.165, 1.54) is 0 Å². The number of H-pyrrole nitrogens is 1. The van der Waals surface area contributed by atoms with E-state index in [1.807, 2.05) is 18.3 Å². The largest absolute Gasteiger partial charge is 0.573 e. The third-order valence-corrected chi connectivity index (χ3v) is 6.76. The molecule has 1 amide bonds. The molecule has 39 heavy (non-hydrogen) atoms. The molecule has 0 saturated heterocycles. The molecule has 0 bridgehead atoms. The highest BCUT2D eigenvalue weighted by molar-refractivity contribution is 7.19. The molecular weight excluding hydrogens is 542 g/mol. The number of ether oxygens (including phenoxy) is 2. The van der Waals surface area contributed by atoms with Crippen LogP contribution in [0, 0.1) is 5.82 Å². The number of anilines is 2. The van der Waals surface area contributed by atoms with Gasteiger partial charge >= 0.3 is 6.36 Å².